The van der Waals surface area contributed by atoms with Crippen LogP contribution in [0.3, 0.4) is 0 Å². The fourth-order valence-corrected chi connectivity index (χ4v) is 1.11. The van der Waals surface area contributed by atoms with Crippen LogP contribution in [-0.4, -0.2) is 10.8 Å². The maximum atomic E-state index is 11.5. The predicted molar refractivity (Wildman–Crippen MR) is 52.8 cm³/mol. The molecule has 0 atom stereocenters. The molecule has 1 aromatic heterocycles. The van der Waals surface area contributed by atoms with Gasteiger partial charge in [0.25, 0.3) is 0 Å². The van der Waals surface area contributed by atoms with Crippen molar-refractivity contribution < 1.29 is 4.79 Å². The van der Waals surface area contributed by atoms with E-state index >= 15 is 0 Å². The molecule has 0 saturated heterocycles. The van der Waals surface area contributed by atoms with Crippen molar-refractivity contribution in [3.63, 3.8) is 0 Å². The highest BCUT2D eigenvalue weighted by molar-refractivity contribution is 5.94. The molecular weight excluding hydrogens is 162 g/mol. The molecule has 70 valence electrons. The van der Waals surface area contributed by atoms with Gasteiger partial charge in [0.05, 0.1) is 0 Å². The third kappa shape index (κ3) is 2.98. The molecule has 0 unspecified atom stereocenters. The summed E-state index contributed by atoms with van der Waals surface area (Å²) in [4.78, 5) is 15.6. The Hall–Kier alpha value is -1.18. The molecule has 2 nitrogen and oxygen atoms in total. The summed E-state index contributed by atoms with van der Waals surface area (Å²) >= 11 is 0. The van der Waals surface area contributed by atoms with Crippen LogP contribution in [0.5, 0.6) is 0 Å². The number of hydrogen-bond donors (Lipinski definition) is 0. The zero-order chi connectivity index (χ0) is 9.84. The number of hydrogen-bond acceptors (Lipinski definition) is 2. The summed E-state index contributed by atoms with van der Waals surface area (Å²) in [5.74, 6) is 0.533. The van der Waals surface area contributed by atoms with Crippen molar-refractivity contribution in [2.75, 3.05) is 0 Å². The van der Waals surface area contributed by atoms with Gasteiger partial charge in [-0.25, -0.2) is 0 Å². The van der Waals surface area contributed by atoms with Crippen LogP contribution in [0.2, 0.25) is 0 Å². The lowest BCUT2D eigenvalue weighted by molar-refractivity contribution is 0.0963. The number of ketones is 1. The average Bonchev–Trinajstić information content (AvgIpc) is 2.04. The second-order valence-electron chi connectivity index (χ2n) is 3.74. The third-order valence-corrected chi connectivity index (χ3v) is 1.79. The molecule has 2 heteroatoms. The van der Waals surface area contributed by atoms with Gasteiger partial charge in [-0.3, -0.25) is 9.78 Å². The molecule has 1 rings (SSSR count). The van der Waals surface area contributed by atoms with Gasteiger partial charge in [0.2, 0.25) is 0 Å². The number of aromatic nitrogens is 1. The first-order chi connectivity index (χ1) is 6.09. The molecule has 0 aromatic carbocycles. The highest BCUT2D eigenvalue weighted by atomic mass is 16.1. The Morgan fingerprint density at radius 3 is 2.62 bits per heavy atom. The van der Waals surface area contributed by atoms with Gasteiger partial charge < -0.3 is 0 Å². The minimum Gasteiger partial charge on any atom is -0.292 e. The Balaban J connectivity index is 2.72. The van der Waals surface area contributed by atoms with Crippen LogP contribution in [0.25, 0.3) is 0 Å². The second-order valence-corrected chi connectivity index (χ2v) is 3.74. The lowest BCUT2D eigenvalue weighted by Gasteiger charge is -2.02. The number of nitrogens with zero attached hydrogens (tertiary/aromatic N) is 1. The largest absolute Gasteiger partial charge is 0.292 e. The zero-order valence-electron chi connectivity index (χ0n) is 8.37. The molecule has 13 heavy (non-hydrogen) atoms. The maximum Gasteiger partial charge on any atom is 0.181 e. The molecular formula is C11H15NO. The summed E-state index contributed by atoms with van der Waals surface area (Å²) in [5, 5.41) is 0. The summed E-state index contributed by atoms with van der Waals surface area (Å²) < 4.78 is 0. The van der Waals surface area contributed by atoms with E-state index < -0.39 is 0 Å². The molecule has 0 aliphatic carbocycles. The lowest BCUT2D eigenvalue weighted by atomic mass is 10.0. The summed E-state index contributed by atoms with van der Waals surface area (Å²) in [7, 11) is 0. The van der Waals surface area contributed by atoms with E-state index in [1.807, 2.05) is 26.8 Å². The number of aryl methyl sites for hydroxylation is 1. The van der Waals surface area contributed by atoms with Crippen molar-refractivity contribution in [3.05, 3.63) is 29.6 Å². The minimum atomic E-state index is 0.134. The first-order valence-electron chi connectivity index (χ1n) is 4.55. The minimum absolute atomic E-state index is 0.134. The van der Waals surface area contributed by atoms with Gasteiger partial charge >= 0.3 is 0 Å². The van der Waals surface area contributed by atoms with Crippen molar-refractivity contribution in [2.24, 2.45) is 5.92 Å². The standard InChI is InChI=1S/C11H15NO/c1-8(2)6-11(13)10-5-4-9(3)7-12-10/h4-5,7-8H,6H2,1-3H3. The molecule has 1 aromatic rings. The summed E-state index contributed by atoms with van der Waals surface area (Å²) in [5.41, 5.74) is 1.67. The van der Waals surface area contributed by atoms with E-state index in [-0.39, 0.29) is 5.78 Å². The van der Waals surface area contributed by atoms with Crippen LogP contribution in [0, 0.1) is 12.8 Å². The number of rotatable bonds is 3. The predicted octanol–water partition coefficient (Wildman–Crippen LogP) is 2.62. The molecule has 0 bridgehead atoms. The normalized spacial score (nSPS) is 10.5. The van der Waals surface area contributed by atoms with Crippen molar-refractivity contribution in [1.82, 2.24) is 4.98 Å². The smallest absolute Gasteiger partial charge is 0.181 e. The first-order valence-corrected chi connectivity index (χ1v) is 4.55. The Kier molecular flexibility index (Phi) is 3.18. The molecule has 0 saturated carbocycles. The summed E-state index contributed by atoms with van der Waals surface area (Å²) in [6.07, 6.45) is 2.31. The third-order valence-electron chi connectivity index (χ3n) is 1.79. The van der Waals surface area contributed by atoms with E-state index in [0.29, 0.717) is 18.0 Å². The molecule has 0 amide bonds. The van der Waals surface area contributed by atoms with Crippen LogP contribution >= 0.6 is 0 Å². The molecule has 1 heterocycles. The van der Waals surface area contributed by atoms with Crippen LogP contribution in [0.1, 0.15) is 36.3 Å². The van der Waals surface area contributed by atoms with E-state index in [1.54, 1.807) is 12.3 Å². The maximum absolute atomic E-state index is 11.5. The highest BCUT2D eigenvalue weighted by Crippen LogP contribution is 2.07. The summed E-state index contributed by atoms with van der Waals surface area (Å²) in [6, 6.07) is 3.71. The average molecular weight is 177 g/mol. The van der Waals surface area contributed by atoms with Crippen LogP contribution < -0.4 is 0 Å². The van der Waals surface area contributed by atoms with Gasteiger partial charge in [-0.1, -0.05) is 19.9 Å². The molecule has 0 aliphatic rings. The van der Waals surface area contributed by atoms with Gasteiger partial charge in [0, 0.05) is 12.6 Å². The van der Waals surface area contributed by atoms with Crippen LogP contribution in [0.4, 0.5) is 0 Å². The highest BCUT2D eigenvalue weighted by Gasteiger charge is 2.08. The van der Waals surface area contributed by atoms with E-state index in [0.717, 1.165) is 5.56 Å². The van der Waals surface area contributed by atoms with Crippen LogP contribution in [-0.2, 0) is 0 Å². The zero-order valence-corrected chi connectivity index (χ0v) is 8.37. The van der Waals surface area contributed by atoms with Crippen molar-refractivity contribution >= 4 is 5.78 Å². The van der Waals surface area contributed by atoms with Crippen molar-refractivity contribution in [2.45, 2.75) is 27.2 Å². The Morgan fingerprint density at radius 1 is 1.46 bits per heavy atom. The molecule has 0 spiro atoms. The molecule has 0 aliphatic heterocycles. The van der Waals surface area contributed by atoms with E-state index in [4.69, 9.17) is 0 Å². The fourth-order valence-electron chi connectivity index (χ4n) is 1.11. The van der Waals surface area contributed by atoms with Crippen molar-refractivity contribution in [3.8, 4) is 0 Å². The molecule has 0 fully saturated rings. The monoisotopic (exact) mass is 177 g/mol. The quantitative estimate of drug-likeness (QED) is 0.664. The number of carbonyl (C=O) groups excluding carboxylic acids is 1. The van der Waals surface area contributed by atoms with Crippen LogP contribution in [0.15, 0.2) is 18.3 Å². The summed E-state index contributed by atoms with van der Waals surface area (Å²) in [6.45, 7) is 6.03. The molecule has 0 N–H and O–H groups in total. The number of Topliss-reactive ketones (excluding diaryl/α,β-unsaturated/α-hetero) is 1. The molecule has 0 radical (unpaired) electrons. The second kappa shape index (κ2) is 4.17. The van der Waals surface area contributed by atoms with Gasteiger partial charge in [-0.15, -0.1) is 0 Å². The topological polar surface area (TPSA) is 30.0 Å². The Morgan fingerprint density at radius 2 is 2.15 bits per heavy atom. The van der Waals surface area contributed by atoms with E-state index in [2.05, 4.69) is 4.98 Å². The van der Waals surface area contributed by atoms with E-state index in [1.165, 1.54) is 0 Å². The van der Waals surface area contributed by atoms with Gasteiger partial charge in [-0.05, 0) is 24.5 Å². The SMILES string of the molecule is Cc1ccc(C(=O)CC(C)C)nc1. The van der Waals surface area contributed by atoms with Gasteiger partial charge in [-0.2, -0.15) is 0 Å². The van der Waals surface area contributed by atoms with E-state index in [9.17, 15) is 4.79 Å². The van der Waals surface area contributed by atoms with Gasteiger partial charge in [0.1, 0.15) is 5.69 Å². The van der Waals surface area contributed by atoms with Gasteiger partial charge in [0.15, 0.2) is 5.78 Å². The Bertz CT molecular complexity index is 287. The number of carbonyl (C=O) groups is 1. The van der Waals surface area contributed by atoms with Crippen molar-refractivity contribution in [1.29, 1.82) is 0 Å². The Labute approximate surface area is 79.0 Å². The number of pyridine rings is 1. The lowest BCUT2D eigenvalue weighted by Crippen LogP contribution is -2.05. The first kappa shape index (κ1) is 9.90. The fraction of sp³-hybridized carbons (Fsp3) is 0.455.